The molecule has 0 saturated carbocycles. The van der Waals surface area contributed by atoms with Crippen LogP contribution in [-0.4, -0.2) is 16.3 Å². The van der Waals surface area contributed by atoms with Crippen LogP contribution in [0.3, 0.4) is 0 Å². The number of aromatic nitrogens is 2. The Morgan fingerprint density at radius 2 is 2.31 bits per heavy atom. The first-order chi connectivity index (χ1) is 6.16. The lowest BCUT2D eigenvalue weighted by atomic mass is 10.4. The summed E-state index contributed by atoms with van der Waals surface area (Å²) in [5.41, 5.74) is 6.50. The maximum Gasteiger partial charge on any atom is 0.147 e. The molecule has 0 amide bonds. The molecule has 0 bridgehead atoms. The van der Waals surface area contributed by atoms with E-state index in [2.05, 4.69) is 31.2 Å². The van der Waals surface area contributed by atoms with Crippen LogP contribution >= 0.6 is 0 Å². The zero-order valence-corrected chi connectivity index (χ0v) is 8.54. The highest BCUT2D eigenvalue weighted by atomic mass is 15.3. The Kier molecular flexibility index (Phi) is 3.17. The molecule has 1 rings (SSSR count). The molecule has 0 unspecified atom stereocenters. The molecule has 74 valence electrons. The predicted octanol–water partition coefficient (Wildman–Crippen LogP) is 1.87. The van der Waals surface area contributed by atoms with Crippen molar-refractivity contribution in [2.24, 2.45) is 0 Å². The van der Waals surface area contributed by atoms with E-state index in [0.29, 0.717) is 6.04 Å². The summed E-state index contributed by atoms with van der Waals surface area (Å²) in [6.45, 7) is 7.23. The largest absolute Gasteiger partial charge is 0.394 e. The zero-order chi connectivity index (χ0) is 9.84. The lowest BCUT2D eigenvalue weighted by Gasteiger charge is -2.12. The van der Waals surface area contributed by atoms with Crippen molar-refractivity contribution in [2.75, 3.05) is 17.6 Å². The molecule has 0 atom stereocenters. The standard InChI is InChI=1S/C9H18N4/c1-4-5-11-9-8(10)6-12-13(9)7(2)3/h6-7,11H,4-5,10H2,1-3H3. The number of nitrogen functional groups attached to an aromatic ring is 1. The minimum absolute atomic E-state index is 0.344. The van der Waals surface area contributed by atoms with E-state index in [1.54, 1.807) is 6.20 Å². The van der Waals surface area contributed by atoms with Crippen LogP contribution in [0, 0.1) is 0 Å². The maximum atomic E-state index is 5.77. The highest BCUT2D eigenvalue weighted by molar-refractivity contribution is 5.60. The highest BCUT2D eigenvalue weighted by Crippen LogP contribution is 2.21. The highest BCUT2D eigenvalue weighted by Gasteiger charge is 2.09. The van der Waals surface area contributed by atoms with E-state index < -0.39 is 0 Å². The number of hydrogen-bond donors (Lipinski definition) is 2. The normalized spacial score (nSPS) is 10.8. The maximum absolute atomic E-state index is 5.77. The number of nitrogens with zero attached hydrogens (tertiary/aromatic N) is 2. The Morgan fingerprint density at radius 1 is 1.62 bits per heavy atom. The second kappa shape index (κ2) is 4.16. The molecule has 0 fully saturated rings. The van der Waals surface area contributed by atoms with Crippen LogP contribution in [0.1, 0.15) is 33.2 Å². The minimum atomic E-state index is 0.344. The molecule has 0 radical (unpaired) electrons. The first kappa shape index (κ1) is 9.89. The Bertz CT molecular complexity index is 265. The molecule has 1 heterocycles. The molecule has 0 aliphatic rings. The Hall–Kier alpha value is -1.19. The van der Waals surface area contributed by atoms with Crippen LogP contribution in [0.15, 0.2) is 6.20 Å². The van der Waals surface area contributed by atoms with Crippen LogP contribution in [0.2, 0.25) is 0 Å². The average molecular weight is 182 g/mol. The molecule has 1 aromatic heterocycles. The summed E-state index contributed by atoms with van der Waals surface area (Å²) in [5, 5.41) is 7.47. The van der Waals surface area contributed by atoms with Crippen molar-refractivity contribution in [2.45, 2.75) is 33.2 Å². The third kappa shape index (κ3) is 2.14. The molecule has 0 spiro atoms. The van der Waals surface area contributed by atoms with Gasteiger partial charge < -0.3 is 11.1 Å². The molecule has 3 N–H and O–H groups in total. The van der Waals surface area contributed by atoms with Gasteiger partial charge in [-0.1, -0.05) is 6.92 Å². The Morgan fingerprint density at radius 3 is 2.85 bits per heavy atom. The number of anilines is 2. The summed E-state index contributed by atoms with van der Waals surface area (Å²) in [4.78, 5) is 0. The van der Waals surface area contributed by atoms with Crippen molar-refractivity contribution in [1.29, 1.82) is 0 Å². The van der Waals surface area contributed by atoms with Gasteiger partial charge in [0.15, 0.2) is 0 Å². The van der Waals surface area contributed by atoms with E-state index >= 15 is 0 Å². The van der Waals surface area contributed by atoms with Gasteiger partial charge in [-0.15, -0.1) is 0 Å². The monoisotopic (exact) mass is 182 g/mol. The lowest BCUT2D eigenvalue weighted by molar-refractivity contribution is 0.537. The SMILES string of the molecule is CCCNc1c(N)cnn1C(C)C. The van der Waals surface area contributed by atoms with Gasteiger partial charge >= 0.3 is 0 Å². The van der Waals surface area contributed by atoms with Crippen molar-refractivity contribution in [3.05, 3.63) is 6.20 Å². The Balaban J connectivity index is 2.82. The summed E-state index contributed by atoms with van der Waals surface area (Å²) >= 11 is 0. The number of hydrogen-bond acceptors (Lipinski definition) is 3. The fraction of sp³-hybridized carbons (Fsp3) is 0.667. The smallest absolute Gasteiger partial charge is 0.147 e. The van der Waals surface area contributed by atoms with Gasteiger partial charge in [-0.05, 0) is 20.3 Å². The molecule has 4 heteroatoms. The molecular weight excluding hydrogens is 164 g/mol. The number of nitrogens with two attached hydrogens (primary N) is 1. The molecule has 0 saturated heterocycles. The first-order valence-corrected chi connectivity index (χ1v) is 4.73. The second-order valence-electron chi connectivity index (χ2n) is 3.41. The van der Waals surface area contributed by atoms with Crippen LogP contribution in [0.4, 0.5) is 11.5 Å². The van der Waals surface area contributed by atoms with E-state index in [-0.39, 0.29) is 0 Å². The predicted molar refractivity (Wildman–Crippen MR) is 55.8 cm³/mol. The third-order valence-corrected chi connectivity index (χ3v) is 1.86. The van der Waals surface area contributed by atoms with E-state index in [1.807, 2.05) is 4.68 Å². The van der Waals surface area contributed by atoms with Crippen molar-refractivity contribution in [3.63, 3.8) is 0 Å². The topological polar surface area (TPSA) is 55.9 Å². The third-order valence-electron chi connectivity index (χ3n) is 1.86. The molecule has 0 aliphatic heterocycles. The number of rotatable bonds is 4. The van der Waals surface area contributed by atoms with Crippen LogP contribution < -0.4 is 11.1 Å². The van der Waals surface area contributed by atoms with E-state index in [9.17, 15) is 0 Å². The van der Waals surface area contributed by atoms with Gasteiger partial charge in [-0.3, -0.25) is 0 Å². The summed E-state index contributed by atoms with van der Waals surface area (Å²) in [5.74, 6) is 0.942. The van der Waals surface area contributed by atoms with Crippen molar-refractivity contribution in [3.8, 4) is 0 Å². The molecule has 13 heavy (non-hydrogen) atoms. The molecule has 0 aromatic carbocycles. The second-order valence-corrected chi connectivity index (χ2v) is 3.41. The molecule has 4 nitrogen and oxygen atoms in total. The van der Waals surface area contributed by atoms with Gasteiger partial charge in [0.1, 0.15) is 5.82 Å². The van der Waals surface area contributed by atoms with Crippen LogP contribution in [-0.2, 0) is 0 Å². The van der Waals surface area contributed by atoms with Crippen LogP contribution in [0.5, 0.6) is 0 Å². The van der Waals surface area contributed by atoms with E-state index in [4.69, 9.17) is 5.73 Å². The van der Waals surface area contributed by atoms with Crippen molar-refractivity contribution >= 4 is 11.5 Å². The quantitative estimate of drug-likeness (QED) is 0.747. The fourth-order valence-electron chi connectivity index (χ4n) is 1.19. The van der Waals surface area contributed by atoms with E-state index in [1.165, 1.54) is 0 Å². The number of nitrogens with one attached hydrogen (secondary N) is 1. The lowest BCUT2D eigenvalue weighted by Crippen LogP contribution is -2.11. The van der Waals surface area contributed by atoms with Gasteiger partial charge in [0.2, 0.25) is 0 Å². The Labute approximate surface area is 79.1 Å². The summed E-state index contributed by atoms with van der Waals surface area (Å²) < 4.78 is 1.91. The van der Waals surface area contributed by atoms with Gasteiger partial charge in [0.05, 0.1) is 11.9 Å². The van der Waals surface area contributed by atoms with E-state index in [0.717, 1.165) is 24.5 Å². The molecule has 1 aromatic rings. The molecular formula is C9H18N4. The fourth-order valence-corrected chi connectivity index (χ4v) is 1.19. The van der Waals surface area contributed by atoms with Crippen molar-refractivity contribution in [1.82, 2.24) is 9.78 Å². The summed E-state index contributed by atoms with van der Waals surface area (Å²) in [7, 11) is 0. The van der Waals surface area contributed by atoms with Crippen LogP contribution in [0.25, 0.3) is 0 Å². The first-order valence-electron chi connectivity index (χ1n) is 4.73. The average Bonchev–Trinajstić information content (AvgIpc) is 2.43. The zero-order valence-electron chi connectivity index (χ0n) is 8.54. The molecule has 0 aliphatic carbocycles. The minimum Gasteiger partial charge on any atom is -0.394 e. The van der Waals surface area contributed by atoms with Gasteiger partial charge in [-0.25, -0.2) is 4.68 Å². The summed E-state index contributed by atoms with van der Waals surface area (Å²) in [6, 6.07) is 0.344. The van der Waals surface area contributed by atoms with Gasteiger partial charge in [0.25, 0.3) is 0 Å². The van der Waals surface area contributed by atoms with Gasteiger partial charge in [0, 0.05) is 12.6 Å². The van der Waals surface area contributed by atoms with Gasteiger partial charge in [-0.2, -0.15) is 5.10 Å². The van der Waals surface area contributed by atoms with Crippen molar-refractivity contribution < 1.29 is 0 Å². The summed E-state index contributed by atoms with van der Waals surface area (Å²) in [6.07, 6.45) is 2.78.